The fourth-order valence-electron chi connectivity index (χ4n) is 7.34. The van der Waals surface area contributed by atoms with Crippen LogP contribution in [-0.2, 0) is 11.2 Å². The number of carbonyl (C=O) groups is 1. The molecule has 6 nitrogen and oxygen atoms in total. The summed E-state index contributed by atoms with van der Waals surface area (Å²) in [7, 11) is 0. The first-order valence-corrected chi connectivity index (χ1v) is 15.8. The molecule has 2 aromatic carbocycles. The second-order valence-corrected chi connectivity index (χ2v) is 12.6. The molecule has 2 aliphatic carbocycles. The van der Waals surface area contributed by atoms with Crippen molar-refractivity contribution in [2.45, 2.75) is 108 Å². The van der Waals surface area contributed by atoms with Crippen LogP contribution in [0.4, 0.5) is 0 Å². The summed E-state index contributed by atoms with van der Waals surface area (Å²) in [5.74, 6) is 1.57. The summed E-state index contributed by atoms with van der Waals surface area (Å²) < 4.78 is 0. The van der Waals surface area contributed by atoms with Gasteiger partial charge in [-0.3, -0.25) is 4.79 Å². The Morgan fingerprint density at radius 3 is 2.28 bits per heavy atom. The molecule has 6 heteroatoms. The highest BCUT2D eigenvalue weighted by Gasteiger charge is 2.36. The Balaban J connectivity index is 1.24. The lowest BCUT2D eigenvalue weighted by molar-refractivity contribution is -0.124. The molecule has 5 aliphatic rings. The number of hydrogen-bond donors (Lipinski definition) is 3. The van der Waals surface area contributed by atoms with E-state index in [0.717, 1.165) is 25.3 Å². The van der Waals surface area contributed by atoms with Crippen molar-refractivity contribution in [1.29, 1.82) is 0 Å². The molecule has 3 aliphatic heterocycles. The van der Waals surface area contributed by atoms with Gasteiger partial charge in [-0.1, -0.05) is 81.0 Å². The van der Waals surface area contributed by atoms with Crippen LogP contribution in [0, 0.1) is 5.92 Å². The highest BCUT2D eigenvalue weighted by molar-refractivity contribution is 5.90. The molecule has 0 radical (unpaired) electrons. The second-order valence-electron chi connectivity index (χ2n) is 12.6. The van der Waals surface area contributed by atoms with Crippen LogP contribution in [0.3, 0.4) is 0 Å². The van der Waals surface area contributed by atoms with Gasteiger partial charge in [0.05, 0.1) is 6.04 Å². The third-order valence-corrected chi connectivity index (χ3v) is 9.70. The van der Waals surface area contributed by atoms with Crippen LogP contribution in [0.2, 0.25) is 0 Å². The molecule has 0 spiro atoms. The van der Waals surface area contributed by atoms with Gasteiger partial charge in [-0.15, -0.1) is 0 Å². The van der Waals surface area contributed by atoms with Crippen molar-refractivity contribution < 1.29 is 4.79 Å². The average Bonchev–Trinajstić information content (AvgIpc) is 2.98. The summed E-state index contributed by atoms with van der Waals surface area (Å²) in [6.07, 6.45) is 15.4. The molecule has 3 N–H and O–H groups in total. The first-order chi connectivity index (χ1) is 19.2. The van der Waals surface area contributed by atoms with Crippen LogP contribution in [0.15, 0.2) is 47.5 Å². The lowest BCUT2D eigenvalue weighted by atomic mass is 9.84. The minimum atomic E-state index is -0.361. The molecule has 2 atom stereocenters. The predicted molar refractivity (Wildman–Crippen MR) is 160 cm³/mol. The van der Waals surface area contributed by atoms with Gasteiger partial charge < -0.3 is 20.9 Å². The summed E-state index contributed by atoms with van der Waals surface area (Å²) in [4.78, 5) is 21.7. The predicted octanol–water partition coefficient (Wildman–Crippen LogP) is 5.16. The normalized spacial score (nSPS) is 27.3. The van der Waals surface area contributed by atoms with Gasteiger partial charge in [0.15, 0.2) is 5.96 Å². The summed E-state index contributed by atoms with van der Waals surface area (Å²) in [5, 5.41) is 13.4. The highest BCUT2D eigenvalue weighted by Crippen LogP contribution is 2.28. The van der Waals surface area contributed by atoms with Gasteiger partial charge in [-0.2, -0.15) is 0 Å². The summed E-state index contributed by atoms with van der Waals surface area (Å²) in [6, 6.07) is 15.8. The molecular formula is C33H47N5O. The third kappa shape index (κ3) is 6.95. The molecule has 2 aromatic rings. The molecule has 7 rings (SSSR count). The second kappa shape index (κ2) is 12.7. The zero-order valence-electron chi connectivity index (χ0n) is 23.5. The molecule has 3 saturated heterocycles. The Morgan fingerprint density at radius 2 is 1.56 bits per heavy atom. The standard InChI is InChI=1S/C33H47N5O/c39-32(36-31-23-38-19-17-26(31)18-20-38)30(22-24-15-16-25-9-7-8-10-27(25)21-24)37-33(34-28-11-3-1-4-12-28)35-29-13-5-2-6-14-29/h7-10,15-16,21,26,28-31H,1-6,11-14,17-20,22-23H2,(H,36,39)(H2,34,35,37)/t30-,31+/m0/s1. The van der Waals surface area contributed by atoms with Crippen LogP contribution < -0.4 is 16.0 Å². The van der Waals surface area contributed by atoms with E-state index < -0.39 is 0 Å². The van der Waals surface area contributed by atoms with Crippen LogP contribution in [-0.4, -0.2) is 60.6 Å². The van der Waals surface area contributed by atoms with E-state index in [1.807, 2.05) is 0 Å². The van der Waals surface area contributed by atoms with E-state index in [4.69, 9.17) is 4.99 Å². The smallest absolute Gasteiger partial charge is 0.243 e. The van der Waals surface area contributed by atoms with Gasteiger partial charge in [-0.25, -0.2) is 4.99 Å². The van der Waals surface area contributed by atoms with Crippen molar-refractivity contribution in [2.75, 3.05) is 19.6 Å². The van der Waals surface area contributed by atoms with Crippen molar-refractivity contribution in [2.24, 2.45) is 10.9 Å². The Bertz CT molecular complexity index is 1130. The number of aliphatic imine (C=N–C) groups is 1. The van der Waals surface area contributed by atoms with E-state index in [9.17, 15) is 4.79 Å². The fourth-order valence-corrected chi connectivity index (χ4v) is 7.34. The van der Waals surface area contributed by atoms with Gasteiger partial charge in [-0.05, 0) is 73.9 Å². The van der Waals surface area contributed by atoms with Crippen LogP contribution in [0.1, 0.15) is 82.6 Å². The summed E-state index contributed by atoms with van der Waals surface area (Å²) >= 11 is 0. The fraction of sp³-hybridized carbons (Fsp3) is 0.636. The number of rotatable bonds is 7. The maximum absolute atomic E-state index is 14.0. The van der Waals surface area contributed by atoms with Gasteiger partial charge in [0.2, 0.25) is 5.91 Å². The Hall–Kier alpha value is -2.60. The lowest BCUT2D eigenvalue weighted by Gasteiger charge is -2.45. The Morgan fingerprint density at radius 1 is 0.846 bits per heavy atom. The minimum Gasteiger partial charge on any atom is -0.354 e. The van der Waals surface area contributed by atoms with E-state index in [-0.39, 0.29) is 18.0 Å². The van der Waals surface area contributed by atoms with Gasteiger partial charge >= 0.3 is 0 Å². The van der Waals surface area contributed by atoms with Crippen molar-refractivity contribution in [1.82, 2.24) is 20.9 Å². The lowest BCUT2D eigenvalue weighted by Crippen LogP contribution is -2.61. The first-order valence-electron chi connectivity index (χ1n) is 15.8. The largest absolute Gasteiger partial charge is 0.354 e. The monoisotopic (exact) mass is 529 g/mol. The summed E-state index contributed by atoms with van der Waals surface area (Å²) in [6.45, 7) is 3.35. The molecular weight excluding hydrogens is 482 g/mol. The van der Waals surface area contributed by atoms with Crippen molar-refractivity contribution >= 4 is 22.6 Å². The van der Waals surface area contributed by atoms with E-state index in [1.165, 1.54) is 93.6 Å². The van der Waals surface area contributed by atoms with Crippen LogP contribution in [0.5, 0.6) is 0 Å². The molecule has 39 heavy (non-hydrogen) atoms. The van der Waals surface area contributed by atoms with E-state index in [1.54, 1.807) is 0 Å². The SMILES string of the molecule is O=C(N[C@@H]1CN2CCC1CC2)[C@H](Cc1ccc2ccccc2c1)NC(=NC1CCCCC1)NC1CCCCC1. The molecule has 0 aromatic heterocycles. The zero-order chi connectivity index (χ0) is 26.4. The number of fused-ring (bicyclic) bond motifs is 4. The van der Waals surface area contributed by atoms with Crippen molar-refractivity contribution in [3.63, 3.8) is 0 Å². The van der Waals surface area contributed by atoms with E-state index >= 15 is 0 Å². The number of piperidine rings is 3. The minimum absolute atomic E-state index is 0.115. The van der Waals surface area contributed by atoms with E-state index in [0.29, 0.717) is 24.4 Å². The Kier molecular flexibility index (Phi) is 8.68. The number of guanidine groups is 1. The quantitative estimate of drug-likeness (QED) is 0.342. The van der Waals surface area contributed by atoms with Gasteiger partial charge in [0.25, 0.3) is 0 Å². The highest BCUT2D eigenvalue weighted by atomic mass is 16.2. The number of carbonyl (C=O) groups excluding carboxylic acids is 1. The zero-order valence-corrected chi connectivity index (χ0v) is 23.5. The molecule has 5 fully saturated rings. The number of nitrogens with one attached hydrogen (secondary N) is 3. The van der Waals surface area contributed by atoms with Crippen molar-refractivity contribution in [3.05, 3.63) is 48.0 Å². The van der Waals surface area contributed by atoms with E-state index in [2.05, 4.69) is 63.3 Å². The maximum Gasteiger partial charge on any atom is 0.243 e. The average molecular weight is 530 g/mol. The molecule has 0 unspecified atom stereocenters. The number of benzene rings is 2. The first kappa shape index (κ1) is 26.6. The van der Waals surface area contributed by atoms with Crippen molar-refractivity contribution in [3.8, 4) is 0 Å². The Labute approximate surface area is 234 Å². The molecule has 3 heterocycles. The topological polar surface area (TPSA) is 68.8 Å². The summed E-state index contributed by atoms with van der Waals surface area (Å²) in [5.41, 5.74) is 1.19. The number of hydrogen-bond acceptors (Lipinski definition) is 3. The van der Waals surface area contributed by atoms with Gasteiger partial charge in [0, 0.05) is 25.0 Å². The number of amides is 1. The van der Waals surface area contributed by atoms with Crippen LogP contribution in [0.25, 0.3) is 10.8 Å². The molecule has 2 saturated carbocycles. The van der Waals surface area contributed by atoms with Crippen LogP contribution >= 0.6 is 0 Å². The molecule has 1 amide bonds. The molecule has 2 bridgehead atoms. The number of nitrogens with zero attached hydrogens (tertiary/aromatic N) is 2. The third-order valence-electron chi connectivity index (χ3n) is 9.70. The van der Waals surface area contributed by atoms with Gasteiger partial charge in [0.1, 0.15) is 6.04 Å². The maximum atomic E-state index is 14.0. The molecule has 210 valence electrons.